The molecule has 152 valence electrons. The van der Waals surface area contributed by atoms with E-state index in [1.807, 2.05) is 24.4 Å². The number of quaternary nitrogens is 1. The third kappa shape index (κ3) is 4.33. The molecule has 5 nitrogen and oxygen atoms in total. The summed E-state index contributed by atoms with van der Waals surface area (Å²) in [6.07, 6.45) is 3.67. The monoisotopic (exact) mass is 396 g/mol. The van der Waals surface area contributed by atoms with E-state index in [0.29, 0.717) is 44.6 Å². The van der Waals surface area contributed by atoms with Crippen molar-refractivity contribution < 1.29 is 19.2 Å². The Morgan fingerprint density at radius 1 is 1.14 bits per heavy atom. The summed E-state index contributed by atoms with van der Waals surface area (Å²) in [4.78, 5) is 16.7. The normalized spacial score (nSPS) is 21.9. The Morgan fingerprint density at radius 3 is 2.66 bits per heavy atom. The van der Waals surface area contributed by atoms with Crippen LogP contribution in [-0.4, -0.2) is 42.2 Å². The standard InChI is InChI=1S/C23H26FN3O2/c24-20-7-3-2-6-19(20)23(29)10-13-27(14-11-23)16-22(28)25-12-9-17-15-26-21-8-4-1-5-18(17)21/h1-8,15,26,29H,9-14,16H2,(H,25,28)/p+1. The second-order valence-electron chi connectivity index (χ2n) is 7.90. The fourth-order valence-electron chi connectivity index (χ4n) is 4.27. The number of fused-ring (bicyclic) bond motifs is 1. The summed E-state index contributed by atoms with van der Waals surface area (Å²) >= 11 is 0. The average Bonchev–Trinajstić information content (AvgIpc) is 3.13. The minimum Gasteiger partial charge on any atom is -0.385 e. The number of H-pyrrole nitrogens is 1. The number of carbonyl (C=O) groups excluding carboxylic acids is 1. The summed E-state index contributed by atoms with van der Waals surface area (Å²) in [7, 11) is 0. The minimum absolute atomic E-state index is 0.0103. The maximum Gasteiger partial charge on any atom is 0.275 e. The number of hydrogen-bond donors (Lipinski definition) is 4. The van der Waals surface area contributed by atoms with Crippen molar-refractivity contribution in [2.24, 2.45) is 0 Å². The molecule has 4 N–H and O–H groups in total. The average molecular weight is 396 g/mol. The summed E-state index contributed by atoms with van der Waals surface area (Å²) in [5.41, 5.74) is 1.53. The van der Waals surface area contributed by atoms with E-state index >= 15 is 0 Å². The summed E-state index contributed by atoms with van der Waals surface area (Å²) in [5, 5.41) is 15.0. The molecule has 0 bridgehead atoms. The van der Waals surface area contributed by atoms with E-state index in [4.69, 9.17) is 0 Å². The van der Waals surface area contributed by atoms with E-state index in [1.54, 1.807) is 18.2 Å². The van der Waals surface area contributed by atoms with Crippen LogP contribution in [0.2, 0.25) is 0 Å². The predicted molar refractivity (Wildman–Crippen MR) is 110 cm³/mol. The van der Waals surface area contributed by atoms with Crippen LogP contribution < -0.4 is 10.2 Å². The zero-order valence-electron chi connectivity index (χ0n) is 16.4. The highest BCUT2D eigenvalue weighted by Crippen LogP contribution is 2.31. The largest absolute Gasteiger partial charge is 0.385 e. The molecular formula is C23H27FN3O2+. The number of piperidine rings is 1. The lowest BCUT2D eigenvalue weighted by Gasteiger charge is -2.36. The highest BCUT2D eigenvalue weighted by Gasteiger charge is 2.38. The van der Waals surface area contributed by atoms with Crippen LogP contribution in [-0.2, 0) is 16.8 Å². The van der Waals surface area contributed by atoms with Gasteiger partial charge in [-0.3, -0.25) is 4.79 Å². The summed E-state index contributed by atoms with van der Waals surface area (Å²) in [5.74, 6) is -0.357. The fraction of sp³-hybridized carbons (Fsp3) is 0.348. The van der Waals surface area contributed by atoms with Crippen LogP contribution in [0.1, 0.15) is 24.0 Å². The Balaban J connectivity index is 1.24. The second-order valence-corrected chi connectivity index (χ2v) is 7.90. The van der Waals surface area contributed by atoms with Crippen LogP contribution in [0, 0.1) is 5.82 Å². The number of likely N-dealkylation sites (tertiary alicyclic amines) is 1. The SMILES string of the molecule is O=C(C[NH+]1CCC(O)(c2ccccc2F)CC1)NCCc1c[nH]c2ccccc12. The molecule has 1 saturated heterocycles. The molecule has 1 fully saturated rings. The lowest BCUT2D eigenvalue weighted by atomic mass is 9.84. The molecule has 29 heavy (non-hydrogen) atoms. The topological polar surface area (TPSA) is 69.6 Å². The van der Waals surface area contributed by atoms with Crippen molar-refractivity contribution >= 4 is 16.8 Å². The number of halogens is 1. The second kappa shape index (κ2) is 8.35. The van der Waals surface area contributed by atoms with Crippen molar-refractivity contribution in [3.8, 4) is 0 Å². The van der Waals surface area contributed by atoms with E-state index in [-0.39, 0.29) is 11.7 Å². The van der Waals surface area contributed by atoms with Gasteiger partial charge in [0.15, 0.2) is 6.54 Å². The number of carbonyl (C=O) groups is 1. The van der Waals surface area contributed by atoms with Gasteiger partial charge in [0.25, 0.3) is 5.91 Å². The molecule has 1 aliphatic heterocycles. The molecule has 4 rings (SSSR count). The maximum atomic E-state index is 14.0. The van der Waals surface area contributed by atoms with Crippen molar-refractivity contribution in [3.05, 3.63) is 71.7 Å². The number of hydrogen-bond acceptors (Lipinski definition) is 2. The van der Waals surface area contributed by atoms with Crippen molar-refractivity contribution in [2.75, 3.05) is 26.2 Å². The third-order valence-electron chi connectivity index (χ3n) is 5.96. The molecule has 6 heteroatoms. The number of para-hydroxylation sites is 1. The van der Waals surface area contributed by atoms with Gasteiger partial charge in [-0.2, -0.15) is 0 Å². The predicted octanol–water partition coefficient (Wildman–Crippen LogP) is 1.53. The molecule has 3 aromatic rings. The van der Waals surface area contributed by atoms with Crippen molar-refractivity contribution in [1.82, 2.24) is 10.3 Å². The molecule has 1 aliphatic rings. The Bertz CT molecular complexity index is 992. The van der Waals surface area contributed by atoms with Gasteiger partial charge in [0, 0.05) is 42.0 Å². The van der Waals surface area contributed by atoms with Gasteiger partial charge >= 0.3 is 0 Å². The number of nitrogens with one attached hydrogen (secondary N) is 3. The van der Waals surface area contributed by atoms with Crippen LogP contribution in [0.3, 0.4) is 0 Å². The van der Waals surface area contributed by atoms with Gasteiger partial charge in [-0.15, -0.1) is 0 Å². The molecule has 0 aliphatic carbocycles. The first kappa shape index (κ1) is 19.6. The molecule has 1 amide bonds. The number of aliphatic hydroxyl groups is 1. The van der Waals surface area contributed by atoms with Crippen molar-refractivity contribution in [3.63, 3.8) is 0 Å². The summed E-state index contributed by atoms with van der Waals surface area (Å²) < 4.78 is 14.0. The quantitative estimate of drug-likeness (QED) is 0.511. The van der Waals surface area contributed by atoms with E-state index < -0.39 is 5.60 Å². The van der Waals surface area contributed by atoms with Gasteiger partial charge in [0.1, 0.15) is 11.4 Å². The van der Waals surface area contributed by atoms with Crippen LogP contribution >= 0.6 is 0 Å². The number of amides is 1. The lowest BCUT2D eigenvalue weighted by Crippen LogP contribution is -3.14. The van der Waals surface area contributed by atoms with Gasteiger partial charge in [0.05, 0.1) is 13.1 Å². The van der Waals surface area contributed by atoms with Gasteiger partial charge < -0.3 is 20.3 Å². The van der Waals surface area contributed by atoms with Gasteiger partial charge in [-0.25, -0.2) is 4.39 Å². The lowest BCUT2D eigenvalue weighted by molar-refractivity contribution is -0.900. The van der Waals surface area contributed by atoms with Crippen molar-refractivity contribution in [2.45, 2.75) is 24.9 Å². The molecule has 0 spiro atoms. The molecule has 0 unspecified atom stereocenters. The Hall–Kier alpha value is -2.70. The number of aromatic amines is 1. The van der Waals surface area contributed by atoms with Gasteiger partial charge in [0.2, 0.25) is 0 Å². The van der Waals surface area contributed by atoms with Gasteiger partial charge in [-0.05, 0) is 24.1 Å². The molecule has 1 aromatic heterocycles. The highest BCUT2D eigenvalue weighted by atomic mass is 19.1. The highest BCUT2D eigenvalue weighted by molar-refractivity contribution is 5.83. The number of rotatable bonds is 6. The third-order valence-corrected chi connectivity index (χ3v) is 5.96. The number of aromatic nitrogens is 1. The first-order chi connectivity index (χ1) is 14.0. The van der Waals surface area contributed by atoms with Crippen molar-refractivity contribution in [1.29, 1.82) is 0 Å². The molecule has 0 radical (unpaired) electrons. The van der Waals surface area contributed by atoms with Crippen LogP contribution in [0.15, 0.2) is 54.7 Å². The first-order valence-electron chi connectivity index (χ1n) is 10.2. The summed E-state index contributed by atoms with van der Waals surface area (Å²) in [6, 6.07) is 14.5. The van der Waals surface area contributed by atoms with Crippen LogP contribution in [0.5, 0.6) is 0 Å². The van der Waals surface area contributed by atoms with Crippen LogP contribution in [0.25, 0.3) is 10.9 Å². The number of benzene rings is 2. The maximum absolute atomic E-state index is 14.0. The Kier molecular flexibility index (Phi) is 5.65. The van der Waals surface area contributed by atoms with E-state index in [2.05, 4.69) is 16.4 Å². The van der Waals surface area contributed by atoms with E-state index in [0.717, 1.165) is 16.8 Å². The first-order valence-corrected chi connectivity index (χ1v) is 10.2. The molecule has 0 saturated carbocycles. The van der Waals surface area contributed by atoms with Gasteiger partial charge in [-0.1, -0.05) is 36.4 Å². The Labute approximate surface area is 169 Å². The Morgan fingerprint density at radius 2 is 1.86 bits per heavy atom. The zero-order valence-corrected chi connectivity index (χ0v) is 16.4. The zero-order chi connectivity index (χ0) is 20.3. The minimum atomic E-state index is -1.14. The smallest absolute Gasteiger partial charge is 0.275 e. The van der Waals surface area contributed by atoms with E-state index in [1.165, 1.54) is 17.0 Å². The van der Waals surface area contributed by atoms with E-state index in [9.17, 15) is 14.3 Å². The molecular weight excluding hydrogens is 369 g/mol. The molecule has 2 aromatic carbocycles. The fourth-order valence-corrected chi connectivity index (χ4v) is 4.27. The molecule has 2 heterocycles. The molecule has 0 atom stereocenters. The summed E-state index contributed by atoms with van der Waals surface area (Å²) in [6.45, 7) is 2.25. The van der Waals surface area contributed by atoms with Crippen LogP contribution in [0.4, 0.5) is 4.39 Å².